The minimum Gasteiger partial charge on any atom is -0.396 e. The van der Waals surface area contributed by atoms with Crippen LogP contribution in [0, 0.1) is 12.8 Å². The number of benzene rings is 1. The van der Waals surface area contributed by atoms with Crippen molar-refractivity contribution in [3.05, 3.63) is 40.4 Å². The molecule has 0 bridgehead atoms. The Morgan fingerprint density at radius 1 is 1.27 bits per heavy atom. The summed E-state index contributed by atoms with van der Waals surface area (Å²) in [6.45, 7) is 1.91. The molecule has 2 aromatic rings. The minimum atomic E-state index is -0.382. The molecule has 138 valence electrons. The van der Waals surface area contributed by atoms with Crippen molar-refractivity contribution >= 4 is 34.0 Å². The Kier molecular flexibility index (Phi) is 6.00. The van der Waals surface area contributed by atoms with Gasteiger partial charge in [-0.3, -0.25) is 10.1 Å². The number of amides is 2. The van der Waals surface area contributed by atoms with Gasteiger partial charge in [-0.15, -0.1) is 11.3 Å². The third-order valence-electron chi connectivity index (χ3n) is 4.63. The summed E-state index contributed by atoms with van der Waals surface area (Å²) >= 11 is 1.31. The van der Waals surface area contributed by atoms with Crippen LogP contribution in [-0.4, -0.2) is 28.5 Å². The van der Waals surface area contributed by atoms with Gasteiger partial charge in [0.05, 0.1) is 5.69 Å². The molecule has 0 spiro atoms. The van der Waals surface area contributed by atoms with Gasteiger partial charge in [0.1, 0.15) is 0 Å². The molecule has 1 saturated carbocycles. The number of hydrogen-bond acceptors (Lipinski definition) is 5. The van der Waals surface area contributed by atoms with Crippen LogP contribution >= 0.6 is 11.3 Å². The molecule has 2 amide bonds. The standard InChI is InChI=1S/C19H23N3O3S/c1-12-10-14(17(24)13-4-2-3-5-13)6-7-16(12)21-18(25)22-19-20-15(8-9-23)11-26-19/h6-7,10-11,13,23H,2-5,8-9H2,1H3,(H2,20,21,22,25). The number of carbonyl (C=O) groups excluding carboxylic acids is 2. The van der Waals surface area contributed by atoms with Crippen molar-refractivity contribution in [2.45, 2.75) is 39.0 Å². The molecule has 0 unspecified atom stereocenters. The van der Waals surface area contributed by atoms with E-state index in [1.165, 1.54) is 11.3 Å². The number of nitrogens with one attached hydrogen (secondary N) is 2. The van der Waals surface area contributed by atoms with Gasteiger partial charge in [-0.05, 0) is 43.5 Å². The predicted octanol–water partition coefficient (Wildman–Crippen LogP) is 4.00. The van der Waals surface area contributed by atoms with Crippen LogP contribution in [0.2, 0.25) is 0 Å². The Bertz CT molecular complexity index is 797. The maximum absolute atomic E-state index is 12.5. The first-order chi connectivity index (χ1) is 12.6. The SMILES string of the molecule is Cc1cc(C(=O)C2CCCC2)ccc1NC(=O)Nc1nc(CCO)cs1. The Morgan fingerprint density at radius 3 is 2.73 bits per heavy atom. The van der Waals surface area contributed by atoms with Crippen LogP contribution < -0.4 is 10.6 Å². The van der Waals surface area contributed by atoms with E-state index in [1.807, 2.05) is 13.0 Å². The van der Waals surface area contributed by atoms with E-state index in [-0.39, 0.29) is 24.3 Å². The molecule has 3 rings (SSSR count). The van der Waals surface area contributed by atoms with Crippen LogP contribution in [0.4, 0.5) is 15.6 Å². The second-order valence-corrected chi connectivity index (χ2v) is 7.43. The molecule has 0 aliphatic heterocycles. The van der Waals surface area contributed by atoms with E-state index in [1.54, 1.807) is 17.5 Å². The van der Waals surface area contributed by atoms with Crippen LogP contribution in [0.15, 0.2) is 23.6 Å². The summed E-state index contributed by atoms with van der Waals surface area (Å²) in [5.74, 6) is 0.357. The number of aryl methyl sites for hydroxylation is 1. The predicted molar refractivity (Wildman–Crippen MR) is 103 cm³/mol. The summed E-state index contributed by atoms with van der Waals surface area (Å²) in [6.07, 6.45) is 4.69. The zero-order valence-corrected chi connectivity index (χ0v) is 15.6. The van der Waals surface area contributed by atoms with E-state index in [0.717, 1.165) is 36.9 Å². The summed E-state index contributed by atoms with van der Waals surface area (Å²) in [7, 11) is 0. The van der Waals surface area contributed by atoms with Gasteiger partial charge in [-0.1, -0.05) is 12.8 Å². The molecule has 0 saturated heterocycles. The fraction of sp³-hybridized carbons (Fsp3) is 0.421. The van der Waals surface area contributed by atoms with Crippen molar-refractivity contribution < 1.29 is 14.7 Å². The normalized spacial score (nSPS) is 14.4. The molecule has 1 fully saturated rings. The smallest absolute Gasteiger partial charge is 0.325 e. The lowest BCUT2D eigenvalue weighted by Gasteiger charge is -2.12. The van der Waals surface area contributed by atoms with Gasteiger partial charge in [0, 0.05) is 35.6 Å². The average Bonchev–Trinajstić information content (AvgIpc) is 3.28. The summed E-state index contributed by atoms with van der Waals surface area (Å²) in [5.41, 5.74) is 2.98. The van der Waals surface area contributed by atoms with E-state index in [0.29, 0.717) is 22.8 Å². The fourth-order valence-electron chi connectivity index (χ4n) is 3.23. The number of nitrogens with zero attached hydrogens (tertiary/aromatic N) is 1. The Morgan fingerprint density at radius 2 is 2.04 bits per heavy atom. The number of rotatable bonds is 6. The number of aliphatic hydroxyl groups is 1. The molecule has 7 heteroatoms. The number of urea groups is 1. The third kappa shape index (κ3) is 4.47. The molecule has 1 aromatic carbocycles. The average molecular weight is 373 g/mol. The molecule has 3 N–H and O–H groups in total. The van der Waals surface area contributed by atoms with Gasteiger partial charge in [0.2, 0.25) is 0 Å². The van der Waals surface area contributed by atoms with Gasteiger partial charge < -0.3 is 10.4 Å². The Hall–Kier alpha value is -2.25. The van der Waals surface area contributed by atoms with Gasteiger partial charge >= 0.3 is 6.03 Å². The molecule has 1 aliphatic rings. The number of anilines is 2. The lowest BCUT2D eigenvalue weighted by Crippen LogP contribution is -2.20. The van der Waals surface area contributed by atoms with Crippen molar-refractivity contribution in [1.82, 2.24) is 4.98 Å². The first-order valence-corrected chi connectivity index (χ1v) is 9.73. The van der Waals surface area contributed by atoms with Crippen LogP contribution in [0.3, 0.4) is 0 Å². The zero-order valence-electron chi connectivity index (χ0n) is 14.7. The highest BCUT2D eigenvalue weighted by Gasteiger charge is 2.24. The number of Topliss-reactive ketones (excluding diaryl/α,β-unsaturated/α-hetero) is 1. The summed E-state index contributed by atoms with van der Waals surface area (Å²) in [4.78, 5) is 28.9. The number of thiazole rings is 1. The first-order valence-electron chi connectivity index (χ1n) is 8.85. The van der Waals surface area contributed by atoms with Gasteiger partial charge in [-0.25, -0.2) is 9.78 Å². The first kappa shape index (κ1) is 18.5. The largest absolute Gasteiger partial charge is 0.396 e. The Labute approximate surface area is 156 Å². The monoisotopic (exact) mass is 373 g/mol. The van der Waals surface area contributed by atoms with Crippen molar-refractivity contribution in [3.8, 4) is 0 Å². The molecule has 6 nitrogen and oxygen atoms in total. The highest BCUT2D eigenvalue weighted by molar-refractivity contribution is 7.13. The molecular formula is C19H23N3O3S. The van der Waals surface area contributed by atoms with Crippen molar-refractivity contribution in [1.29, 1.82) is 0 Å². The minimum absolute atomic E-state index is 0.0283. The lowest BCUT2D eigenvalue weighted by atomic mass is 9.95. The van der Waals surface area contributed by atoms with E-state index < -0.39 is 0 Å². The Balaban J connectivity index is 1.61. The summed E-state index contributed by atoms with van der Waals surface area (Å²) in [6, 6.07) is 5.02. The number of aromatic nitrogens is 1. The van der Waals surface area contributed by atoms with Crippen LogP contribution in [0.5, 0.6) is 0 Å². The molecule has 1 aliphatic carbocycles. The summed E-state index contributed by atoms with van der Waals surface area (Å²) < 4.78 is 0. The van der Waals surface area contributed by atoms with Crippen LogP contribution in [-0.2, 0) is 6.42 Å². The van der Waals surface area contributed by atoms with Crippen LogP contribution in [0.1, 0.15) is 47.3 Å². The van der Waals surface area contributed by atoms with E-state index in [4.69, 9.17) is 5.11 Å². The highest BCUT2D eigenvalue weighted by Crippen LogP contribution is 2.29. The molecule has 1 heterocycles. The molecule has 0 radical (unpaired) electrons. The van der Waals surface area contributed by atoms with Gasteiger partial charge in [0.25, 0.3) is 0 Å². The zero-order chi connectivity index (χ0) is 18.5. The number of hydrogen-bond donors (Lipinski definition) is 3. The van der Waals surface area contributed by atoms with Gasteiger partial charge in [0.15, 0.2) is 10.9 Å². The number of carbonyl (C=O) groups is 2. The number of ketones is 1. The van der Waals surface area contributed by atoms with Crippen molar-refractivity contribution in [2.24, 2.45) is 5.92 Å². The van der Waals surface area contributed by atoms with E-state index >= 15 is 0 Å². The molecule has 26 heavy (non-hydrogen) atoms. The maximum atomic E-state index is 12.5. The van der Waals surface area contributed by atoms with E-state index in [2.05, 4.69) is 15.6 Å². The van der Waals surface area contributed by atoms with Crippen LogP contribution in [0.25, 0.3) is 0 Å². The lowest BCUT2D eigenvalue weighted by molar-refractivity contribution is 0.0923. The third-order valence-corrected chi connectivity index (χ3v) is 5.43. The molecular weight excluding hydrogens is 350 g/mol. The molecule has 1 aromatic heterocycles. The summed E-state index contributed by atoms with van der Waals surface area (Å²) in [5, 5.41) is 16.7. The quantitative estimate of drug-likeness (QED) is 0.667. The molecule has 0 atom stereocenters. The highest BCUT2D eigenvalue weighted by atomic mass is 32.1. The maximum Gasteiger partial charge on any atom is 0.325 e. The second-order valence-electron chi connectivity index (χ2n) is 6.57. The van der Waals surface area contributed by atoms with E-state index in [9.17, 15) is 9.59 Å². The van der Waals surface area contributed by atoms with Crippen molar-refractivity contribution in [3.63, 3.8) is 0 Å². The second kappa shape index (κ2) is 8.42. The van der Waals surface area contributed by atoms with Gasteiger partial charge in [-0.2, -0.15) is 0 Å². The fourth-order valence-corrected chi connectivity index (χ4v) is 3.97. The number of aliphatic hydroxyl groups excluding tert-OH is 1. The topological polar surface area (TPSA) is 91.3 Å². The van der Waals surface area contributed by atoms with Crippen molar-refractivity contribution in [2.75, 3.05) is 17.2 Å².